The van der Waals surface area contributed by atoms with Crippen molar-refractivity contribution >= 4 is 0 Å². The van der Waals surface area contributed by atoms with Crippen molar-refractivity contribution in [3.63, 3.8) is 0 Å². The Morgan fingerprint density at radius 1 is 1.00 bits per heavy atom. The van der Waals surface area contributed by atoms with Gasteiger partial charge in [0, 0.05) is 18.6 Å². The Labute approximate surface area is 114 Å². The fourth-order valence-corrected chi connectivity index (χ4v) is 2.75. The predicted molar refractivity (Wildman–Crippen MR) is 78.8 cm³/mol. The van der Waals surface area contributed by atoms with Gasteiger partial charge in [-0.3, -0.25) is 4.90 Å². The van der Waals surface area contributed by atoms with Gasteiger partial charge in [-0.1, -0.05) is 20.8 Å². The normalized spacial score (nSPS) is 23.7. The maximum Gasteiger partial charge on any atom is 0.0108 e. The van der Waals surface area contributed by atoms with Crippen LogP contribution in [0.3, 0.4) is 0 Å². The number of rotatable bonds is 9. The monoisotopic (exact) mass is 252 g/mol. The minimum atomic E-state index is 0.748. The van der Waals surface area contributed by atoms with Crippen LogP contribution in [-0.4, -0.2) is 36.6 Å². The van der Waals surface area contributed by atoms with Crippen LogP contribution in [0.15, 0.2) is 0 Å². The summed E-state index contributed by atoms with van der Waals surface area (Å²) in [6.45, 7) is 13.1. The Balaban J connectivity index is 1.73. The Bertz CT molecular complexity index is 243. The molecular weight excluding hydrogens is 220 g/mol. The van der Waals surface area contributed by atoms with E-state index < -0.39 is 0 Å². The van der Waals surface area contributed by atoms with E-state index in [2.05, 4.69) is 37.9 Å². The van der Waals surface area contributed by atoms with Gasteiger partial charge < -0.3 is 5.32 Å². The first kappa shape index (κ1) is 14.3. The zero-order chi connectivity index (χ0) is 13.1. The van der Waals surface area contributed by atoms with Crippen LogP contribution in [-0.2, 0) is 0 Å². The molecule has 0 amide bonds. The lowest BCUT2D eigenvalue weighted by Gasteiger charge is -2.34. The summed E-state index contributed by atoms with van der Waals surface area (Å²) in [4.78, 5) is 2.82. The molecule has 0 heterocycles. The average molecular weight is 252 g/mol. The third-order valence-electron chi connectivity index (χ3n) is 4.55. The quantitative estimate of drug-likeness (QED) is 0.678. The molecule has 2 unspecified atom stereocenters. The number of nitrogens with one attached hydrogen (secondary N) is 1. The van der Waals surface area contributed by atoms with Gasteiger partial charge in [-0.05, 0) is 63.5 Å². The molecule has 0 bridgehead atoms. The minimum absolute atomic E-state index is 0.748. The van der Waals surface area contributed by atoms with E-state index in [0.717, 1.165) is 36.4 Å². The molecule has 2 saturated carbocycles. The van der Waals surface area contributed by atoms with Crippen LogP contribution in [0.25, 0.3) is 0 Å². The van der Waals surface area contributed by atoms with E-state index in [1.54, 1.807) is 0 Å². The van der Waals surface area contributed by atoms with Crippen LogP contribution in [0.4, 0.5) is 0 Å². The van der Waals surface area contributed by atoms with Crippen molar-refractivity contribution in [3.8, 4) is 0 Å². The lowest BCUT2D eigenvalue weighted by atomic mass is 10.0. The largest absolute Gasteiger partial charge is 0.316 e. The van der Waals surface area contributed by atoms with Crippen LogP contribution in [0.5, 0.6) is 0 Å². The van der Waals surface area contributed by atoms with Gasteiger partial charge in [0.15, 0.2) is 0 Å². The highest BCUT2D eigenvalue weighted by Gasteiger charge is 2.37. The minimum Gasteiger partial charge on any atom is -0.316 e. The second-order valence-electron chi connectivity index (χ2n) is 7.14. The molecule has 2 heteroatoms. The summed E-state index contributed by atoms with van der Waals surface area (Å²) in [5.41, 5.74) is 0. The van der Waals surface area contributed by atoms with E-state index in [9.17, 15) is 0 Å². The molecule has 0 aliphatic heterocycles. The Kier molecular flexibility index (Phi) is 5.08. The van der Waals surface area contributed by atoms with E-state index in [1.807, 2.05) is 0 Å². The molecule has 0 aromatic rings. The fourth-order valence-electron chi connectivity index (χ4n) is 2.75. The Hall–Kier alpha value is -0.0800. The highest BCUT2D eigenvalue weighted by molar-refractivity contribution is 4.92. The van der Waals surface area contributed by atoms with Gasteiger partial charge in [0.2, 0.25) is 0 Å². The zero-order valence-electron chi connectivity index (χ0n) is 12.8. The molecule has 0 aromatic heterocycles. The molecule has 2 aliphatic rings. The van der Waals surface area contributed by atoms with Crippen molar-refractivity contribution < 1.29 is 0 Å². The number of hydrogen-bond donors (Lipinski definition) is 1. The Morgan fingerprint density at radius 3 is 2.17 bits per heavy atom. The second kappa shape index (κ2) is 6.38. The topological polar surface area (TPSA) is 15.3 Å². The van der Waals surface area contributed by atoms with Gasteiger partial charge in [0.25, 0.3) is 0 Å². The molecule has 0 aromatic carbocycles. The van der Waals surface area contributed by atoms with E-state index in [-0.39, 0.29) is 0 Å². The molecule has 2 rings (SSSR count). The molecule has 0 saturated heterocycles. The van der Waals surface area contributed by atoms with Crippen LogP contribution in [0, 0.1) is 17.8 Å². The van der Waals surface area contributed by atoms with Crippen molar-refractivity contribution in [3.05, 3.63) is 0 Å². The van der Waals surface area contributed by atoms with Crippen LogP contribution in [0.2, 0.25) is 0 Å². The third-order valence-corrected chi connectivity index (χ3v) is 4.55. The van der Waals surface area contributed by atoms with E-state index in [0.29, 0.717) is 0 Å². The highest BCUT2D eigenvalue weighted by Crippen LogP contribution is 2.36. The highest BCUT2D eigenvalue weighted by atomic mass is 15.2. The van der Waals surface area contributed by atoms with E-state index >= 15 is 0 Å². The molecule has 2 atom stereocenters. The van der Waals surface area contributed by atoms with Gasteiger partial charge in [-0.25, -0.2) is 0 Å². The molecule has 0 radical (unpaired) electrons. The van der Waals surface area contributed by atoms with Crippen molar-refractivity contribution in [2.45, 2.75) is 65.5 Å². The average Bonchev–Trinajstić information content (AvgIpc) is 3.15. The molecule has 106 valence electrons. The molecule has 1 N–H and O–H groups in total. The molecule has 2 fully saturated rings. The molecule has 0 spiro atoms. The van der Waals surface area contributed by atoms with Gasteiger partial charge >= 0.3 is 0 Å². The number of hydrogen-bond acceptors (Lipinski definition) is 2. The van der Waals surface area contributed by atoms with Crippen LogP contribution >= 0.6 is 0 Å². The molecular formula is C16H32N2. The van der Waals surface area contributed by atoms with Gasteiger partial charge in [-0.15, -0.1) is 0 Å². The zero-order valence-corrected chi connectivity index (χ0v) is 12.8. The lowest BCUT2D eigenvalue weighted by molar-refractivity contribution is 0.143. The van der Waals surface area contributed by atoms with Crippen molar-refractivity contribution in [2.75, 3.05) is 19.6 Å². The predicted octanol–water partition coefficient (Wildman–Crippen LogP) is 3.13. The summed E-state index contributed by atoms with van der Waals surface area (Å²) in [7, 11) is 0. The van der Waals surface area contributed by atoms with Gasteiger partial charge in [-0.2, -0.15) is 0 Å². The summed E-state index contributed by atoms with van der Waals surface area (Å²) in [5, 5.41) is 3.62. The Morgan fingerprint density at radius 2 is 1.67 bits per heavy atom. The van der Waals surface area contributed by atoms with Gasteiger partial charge in [0.05, 0.1) is 0 Å². The lowest BCUT2D eigenvalue weighted by Crippen LogP contribution is -2.43. The smallest absolute Gasteiger partial charge is 0.0108 e. The number of nitrogens with zero attached hydrogens (tertiary/aromatic N) is 1. The van der Waals surface area contributed by atoms with Crippen molar-refractivity contribution in [1.82, 2.24) is 10.2 Å². The van der Waals surface area contributed by atoms with E-state index in [4.69, 9.17) is 0 Å². The van der Waals surface area contributed by atoms with Gasteiger partial charge in [0.1, 0.15) is 0 Å². The molecule has 18 heavy (non-hydrogen) atoms. The summed E-state index contributed by atoms with van der Waals surface area (Å²) < 4.78 is 0. The van der Waals surface area contributed by atoms with Crippen molar-refractivity contribution in [2.24, 2.45) is 17.8 Å². The molecule has 2 nitrogen and oxygen atoms in total. The van der Waals surface area contributed by atoms with Crippen LogP contribution in [0.1, 0.15) is 53.4 Å². The SMILES string of the molecule is CC(C)CNCC(C)C(C)N(CC1CC1)C1CC1. The standard InChI is InChI=1S/C16H32N2/c1-12(2)9-17-10-13(3)14(4)18(16-7-8-16)11-15-5-6-15/h12-17H,5-11H2,1-4H3. The third kappa shape index (κ3) is 4.55. The second-order valence-corrected chi connectivity index (χ2v) is 7.14. The van der Waals surface area contributed by atoms with Crippen LogP contribution < -0.4 is 5.32 Å². The summed E-state index contributed by atoms with van der Waals surface area (Å²) in [6.07, 6.45) is 5.86. The summed E-state index contributed by atoms with van der Waals surface area (Å²) in [6, 6.07) is 1.67. The molecule has 2 aliphatic carbocycles. The first-order valence-corrected chi connectivity index (χ1v) is 8.04. The first-order valence-electron chi connectivity index (χ1n) is 8.04. The summed E-state index contributed by atoms with van der Waals surface area (Å²) in [5.74, 6) is 2.56. The van der Waals surface area contributed by atoms with Crippen molar-refractivity contribution in [1.29, 1.82) is 0 Å². The first-order chi connectivity index (χ1) is 8.58. The maximum atomic E-state index is 3.62. The fraction of sp³-hybridized carbons (Fsp3) is 1.00. The maximum absolute atomic E-state index is 3.62. The summed E-state index contributed by atoms with van der Waals surface area (Å²) >= 11 is 0. The van der Waals surface area contributed by atoms with E-state index in [1.165, 1.54) is 38.8 Å².